The molecule has 0 unspecified atom stereocenters. The summed E-state index contributed by atoms with van der Waals surface area (Å²) in [6.07, 6.45) is 0. The van der Waals surface area contributed by atoms with Gasteiger partial charge in [0.15, 0.2) is 0 Å². The van der Waals surface area contributed by atoms with Gasteiger partial charge in [0.2, 0.25) is 5.91 Å². The van der Waals surface area contributed by atoms with Gasteiger partial charge >= 0.3 is 0 Å². The molecule has 0 aromatic heterocycles. The fourth-order valence-corrected chi connectivity index (χ4v) is 1.19. The Balaban J connectivity index is 2.91. The minimum atomic E-state index is -0.154. The molecule has 0 bridgehead atoms. The van der Waals surface area contributed by atoms with E-state index in [2.05, 4.69) is 36.5 Å². The lowest BCUT2D eigenvalue weighted by Gasteiger charge is -2.04. The Morgan fingerprint density at radius 3 is 2.40 bits per heavy atom. The zero-order chi connectivity index (χ0) is 11.4. The van der Waals surface area contributed by atoms with Crippen molar-refractivity contribution in [2.45, 2.75) is 27.7 Å². The Morgan fingerprint density at radius 1 is 1.20 bits per heavy atom. The van der Waals surface area contributed by atoms with Gasteiger partial charge < -0.3 is 0 Å². The number of nitrogens with zero attached hydrogens (tertiary/aromatic N) is 1. The summed E-state index contributed by atoms with van der Waals surface area (Å²) in [5, 5.41) is 3.98. The summed E-state index contributed by atoms with van der Waals surface area (Å²) in [4.78, 5) is 10.7. The van der Waals surface area contributed by atoms with Crippen LogP contribution in [0.1, 0.15) is 30.5 Å². The van der Waals surface area contributed by atoms with E-state index in [0.717, 1.165) is 11.3 Å². The maximum Gasteiger partial charge on any atom is 0.236 e. The van der Waals surface area contributed by atoms with E-state index in [1.165, 1.54) is 18.1 Å². The second-order valence-electron chi connectivity index (χ2n) is 3.66. The Morgan fingerprint density at radius 2 is 1.87 bits per heavy atom. The Kier molecular flexibility index (Phi) is 3.61. The van der Waals surface area contributed by atoms with Crippen molar-refractivity contribution >= 4 is 11.6 Å². The Bertz CT molecular complexity index is 408. The van der Waals surface area contributed by atoms with Crippen molar-refractivity contribution in [1.82, 2.24) is 5.43 Å². The van der Waals surface area contributed by atoms with Crippen LogP contribution in [0.2, 0.25) is 0 Å². The Labute approximate surface area is 90.2 Å². The number of carbonyl (C=O) groups is 1. The van der Waals surface area contributed by atoms with Crippen LogP contribution in [0, 0.1) is 13.8 Å². The summed E-state index contributed by atoms with van der Waals surface area (Å²) < 4.78 is 0. The normalized spacial score (nSPS) is 11.3. The number of hydrazone groups is 1. The van der Waals surface area contributed by atoms with Crippen LogP contribution in [0.5, 0.6) is 0 Å². The fourth-order valence-electron chi connectivity index (χ4n) is 1.19. The highest BCUT2D eigenvalue weighted by molar-refractivity contribution is 5.99. The molecule has 0 saturated heterocycles. The lowest BCUT2D eigenvalue weighted by molar-refractivity contribution is -0.118. The quantitative estimate of drug-likeness (QED) is 0.582. The van der Waals surface area contributed by atoms with Crippen LogP contribution in [-0.2, 0) is 4.79 Å². The molecule has 1 rings (SSSR count). The molecule has 0 aliphatic carbocycles. The van der Waals surface area contributed by atoms with Crippen LogP contribution in [0.15, 0.2) is 23.3 Å². The molecule has 1 amide bonds. The van der Waals surface area contributed by atoms with E-state index in [4.69, 9.17) is 0 Å². The number of carbonyl (C=O) groups excluding carboxylic acids is 1. The average molecular weight is 204 g/mol. The van der Waals surface area contributed by atoms with Crippen molar-refractivity contribution in [3.8, 4) is 0 Å². The molecule has 0 fully saturated rings. The third-order valence-electron chi connectivity index (χ3n) is 2.31. The highest BCUT2D eigenvalue weighted by Gasteiger charge is 1.99. The number of hydrogen-bond acceptors (Lipinski definition) is 2. The number of benzene rings is 1. The molecule has 3 nitrogen and oxygen atoms in total. The minimum Gasteiger partial charge on any atom is -0.274 e. The standard InChI is InChI=1S/C12H16N2O/c1-8-5-6-12(7-9(8)2)10(3)13-14-11(4)15/h5-7H,1-4H3,(H,14,15)/b13-10-. The van der Waals surface area contributed by atoms with Gasteiger partial charge in [-0.3, -0.25) is 4.79 Å². The highest BCUT2D eigenvalue weighted by atomic mass is 16.2. The van der Waals surface area contributed by atoms with Crippen molar-refractivity contribution < 1.29 is 4.79 Å². The zero-order valence-electron chi connectivity index (χ0n) is 9.59. The monoisotopic (exact) mass is 204 g/mol. The first kappa shape index (κ1) is 11.4. The van der Waals surface area contributed by atoms with E-state index in [1.54, 1.807) is 0 Å². The van der Waals surface area contributed by atoms with Gasteiger partial charge in [-0.2, -0.15) is 5.10 Å². The maximum absolute atomic E-state index is 10.7. The summed E-state index contributed by atoms with van der Waals surface area (Å²) in [7, 11) is 0. The van der Waals surface area contributed by atoms with E-state index in [0.29, 0.717) is 0 Å². The molecular formula is C12H16N2O. The molecule has 0 radical (unpaired) electrons. The summed E-state index contributed by atoms with van der Waals surface area (Å²) in [5.41, 5.74) is 6.76. The summed E-state index contributed by atoms with van der Waals surface area (Å²) in [5.74, 6) is -0.154. The van der Waals surface area contributed by atoms with Crippen LogP contribution < -0.4 is 5.43 Å². The van der Waals surface area contributed by atoms with Gasteiger partial charge in [-0.05, 0) is 43.5 Å². The molecule has 80 valence electrons. The Hall–Kier alpha value is -1.64. The van der Waals surface area contributed by atoms with E-state index < -0.39 is 0 Å². The van der Waals surface area contributed by atoms with Gasteiger partial charge in [0.1, 0.15) is 0 Å². The van der Waals surface area contributed by atoms with Gasteiger partial charge in [0.05, 0.1) is 5.71 Å². The number of aryl methyl sites for hydroxylation is 2. The molecule has 0 aliphatic heterocycles. The van der Waals surface area contributed by atoms with Crippen molar-refractivity contribution in [2.75, 3.05) is 0 Å². The van der Waals surface area contributed by atoms with Crippen LogP contribution in [0.25, 0.3) is 0 Å². The van der Waals surface area contributed by atoms with Crippen molar-refractivity contribution in [3.05, 3.63) is 34.9 Å². The molecule has 0 spiro atoms. The predicted molar refractivity (Wildman–Crippen MR) is 61.9 cm³/mol. The van der Waals surface area contributed by atoms with E-state index >= 15 is 0 Å². The molecule has 1 aromatic rings. The molecular weight excluding hydrogens is 188 g/mol. The third kappa shape index (κ3) is 3.20. The minimum absolute atomic E-state index is 0.154. The summed E-state index contributed by atoms with van der Waals surface area (Å²) in [6.45, 7) is 7.45. The second-order valence-corrected chi connectivity index (χ2v) is 3.66. The van der Waals surface area contributed by atoms with Gasteiger partial charge in [-0.15, -0.1) is 0 Å². The van der Waals surface area contributed by atoms with Crippen LogP contribution in [-0.4, -0.2) is 11.6 Å². The fraction of sp³-hybridized carbons (Fsp3) is 0.333. The first-order chi connectivity index (χ1) is 7.00. The first-order valence-corrected chi connectivity index (χ1v) is 4.89. The first-order valence-electron chi connectivity index (χ1n) is 4.89. The van der Waals surface area contributed by atoms with E-state index in [-0.39, 0.29) is 5.91 Å². The van der Waals surface area contributed by atoms with Crippen molar-refractivity contribution in [2.24, 2.45) is 5.10 Å². The molecule has 0 saturated carbocycles. The second kappa shape index (κ2) is 4.73. The van der Waals surface area contributed by atoms with Gasteiger partial charge in [-0.1, -0.05) is 12.1 Å². The maximum atomic E-state index is 10.7. The smallest absolute Gasteiger partial charge is 0.236 e. The van der Waals surface area contributed by atoms with E-state index in [9.17, 15) is 4.79 Å². The predicted octanol–water partition coefficient (Wildman–Crippen LogP) is 2.16. The molecule has 0 atom stereocenters. The van der Waals surface area contributed by atoms with Gasteiger partial charge in [0, 0.05) is 6.92 Å². The van der Waals surface area contributed by atoms with Gasteiger partial charge in [-0.25, -0.2) is 5.43 Å². The van der Waals surface area contributed by atoms with E-state index in [1.807, 2.05) is 13.0 Å². The molecule has 0 aliphatic rings. The SMILES string of the molecule is CC(=O)N/N=C(/C)c1ccc(C)c(C)c1. The van der Waals surface area contributed by atoms with Crippen molar-refractivity contribution in [1.29, 1.82) is 0 Å². The lowest BCUT2D eigenvalue weighted by atomic mass is 10.0. The topological polar surface area (TPSA) is 41.5 Å². The molecule has 15 heavy (non-hydrogen) atoms. The largest absolute Gasteiger partial charge is 0.274 e. The lowest BCUT2D eigenvalue weighted by Crippen LogP contribution is -2.15. The highest BCUT2D eigenvalue weighted by Crippen LogP contribution is 2.10. The zero-order valence-corrected chi connectivity index (χ0v) is 9.59. The van der Waals surface area contributed by atoms with Crippen LogP contribution in [0.3, 0.4) is 0 Å². The number of nitrogens with one attached hydrogen (secondary N) is 1. The molecule has 3 heteroatoms. The third-order valence-corrected chi connectivity index (χ3v) is 2.31. The molecule has 1 aromatic carbocycles. The average Bonchev–Trinajstić information content (AvgIpc) is 2.18. The summed E-state index contributed by atoms with van der Waals surface area (Å²) >= 11 is 0. The number of hydrogen-bond donors (Lipinski definition) is 1. The van der Waals surface area contributed by atoms with Crippen LogP contribution in [0.4, 0.5) is 0 Å². The molecule has 0 heterocycles. The van der Waals surface area contributed by atoms with Crippen LogP contribution >= 0.6 is 0 Å². The van der Waals surface area contributed by atoms with Crippen molar-refractivity contribution in [3.63, 3.8) is 0 Å². The van der Waals surface area contributed by atoms with Gasteiger partial charge in [0.25, 0.3) is 0 Å². The summed E-state index contributed by atoms with van der Waals surface area (Å²) in [6, 6.07) is 6.12. The molecule has 1 N–H and O–H groups in total. The number of amides is 1. The number of rotatable bonds is 2.